The molecule has 92 valence electrons. The van der Waals surface area contributed by atoms with Crippen LogP contribution in [0.1, 0.15) is 18.9 Å². The monoisotopic (exact) mass is 236 g/mol. The summed E-state index contributed by atoms with van der Waals surface area (Å²) < 4.78 is 0. The highest BCUT2D eigenvalue weighted by atomic mass is 16.4. The Morgan fingerprint density at radius 3 is 2.41 bits per heavy atom. The molecule has 0 heterocycles. The first-order chi connectivity index (χ1) is 8.11. The summed E-state index contributed by atoms with van der Waals surface area (Å²) in [6, 6.07) is 6.48. The van der Waals surface area contributed by atoms with Crippen molar-refractivity contribution >= 4 is 17.7 Å². The molecule has 0 aliphatic carbocycles. The van der Waals surface area contributed by atoms with E-state index in [0.717, 1.165) is 6.42 Å². The number of aliphatic carboxylic acids is 1. The largest absolute Gasteiger partial charge is 0.481 e. The third-order valence-electron chi connectivity index (χ3n) is 2.10. The molecule has 0 aromatic heterocycles. The van der Waals surface area contributed by atoms with E-state index >= 15 is 0 Å². The van der Waals surface area contributed by atoms with E-state index in [2.05, 4.69) is 10.6 Å². The van der Waals surface area contributed by atoms with E-state index in [1.165, 1.54) is 0 Å². The van der Waals surface area contributed by atoms with E-state index in [1.54, 1.807) is 24.3 Å². The third kappa shape index (κ3) is 5.01. The molecule has 0 fully saturated rings. The van der Waals surface area contributed by atoms with E-state index in [1.807, 2.05) is 6.92 Å². The molecule has 0 spiro atoms. The van der Waals surface area contributed by atoms with E-state index in [9.17, 15) is 9.59 Å². The summed E-state index contributed by atoms with van der Waals surface area (Å²) in [5.74, 6) is -0.869. The molecule has 5 nitrogen and oxygen atoms in total. The Morgan fingerprint density at radius 1 is 1.24 bits per heavy atom. The van der Waals surface area contributed by atoms with Crippen LogP contribution in [0.3, 0.4) is 0 Å². The van der Waals surface area contributed by atoms with Gasteiger partial charge >= 0.3 is 12.0 Å². The minimum absolute atomic E-state index is 0.0116. The van der Waals surface area contributed by atoms with Gasteiger partial charge in [-0.25, -0.2) is 4.79 Å². The molecule has 0 saturated heterocycles. The van der Waals surface area contributed by atoms with Crippen LogP contribution < -0.4 is 10.6 Å². The molecule has 0 radical (unpaired) electrons. The lowest BCUT2D eigenvalue weighted by atomic mass is 10.1. The number of amides is 2. The number of carboxylic acid groups (broad SMARTS) is 1. The molecule has 0 atom stereocenters. The van der Waals surface area contributed by atoms with Gasteiger partial charge in [0.2, 0.25) is 0 Å². The van der Waals surface area contributed by atoms with Crippen LogP contribution >= 0.6 is 0 Å². The van der Waals surface area contributed by atoms with Crippen LogP contribution in [0.25, 0.3) is 0 Å². The molecule has 1 rings (SSSR count). The first kappa shape index (κ1) is 13.0. The van der Waals surface area contributed by atoms with Crippen molar-refractivity contribution in [1.82, 2.24) is 5.32 Å². The summed E-state index contributed by atoms with van der Waals surface area (Å²) in [5, 5.41) is 13.9. The summed E-state index contributed by atoms with van der Waals surface area (Å²) in [5.41, 5.74) is 1.35. The van der Waals surface area contributed by atoms with Crippen molar-refractivity contribution in [2.45, 2.75) is 19.8 Å². The number of rotatable bonds is 5. The van der Waals surface area contributed by atoms with Gasteiger partial charge in [-0.05, 0) is 24.1 Å². The minimum Gasteiger partial charge on any atom is -0.481 e. The predicted molar refractivity (Wildman–Crippen MR) is 65.1 cm³/mol. The van der Waals surface area contributed by atoms with Crippen LogP contribution in [-0.4, -0.2) is 23.7 Å². The maximum atomic E-state index is 11.3. The highest BCUT2D eigenvalue weighted by molar-refractivity contribution is 5.89. The zero-order chi connectivity index (χ0) is 12.7. The highest BCUT2D eigenvalue weighted by Crippen LogP contribution is 2.09. The Balaban J connectivity index is 2.50. The molecule has 0 aliphatic heterocycles. The minimum atomic E-state index is -0.869. The number of nitrogens with one attached hydrogen (secondary N) is 2. The Morgan fingerprint density at radius 2 is 1.88 bits per heavy atom. The molecule has 17 heavy (non-hydrogen) atoms. The van der Waals surface area contributed by atoms with Gasteiger partial charge in [0.15, 0.2) is 0 Å². The molecule has 0 saturated carbocycles. The maximum absolute atomic E-state index is 11.3. The number of anilines is 1. The van der Waals surface area contributed by atoms with Crippen LogP contribution in [0.2, 0.25) is 0 Å². The SMILES string of the molecule is CCCNC(=O)Nc1ccc(CC(=O)O)cc1. The number of hydrogen-bond acceptors (Lipinski definition) is 2. The number of urea groups is 1. The lowest BCUT2D eigenvalue weighted by Crippen LogP contribution is -2.29. The number of hydrogen-bond donors (Lipinski definition) is 3. The standard InChI is InChI=1S/C12H16N2O3/c1-2-7-13-12(17)14-10-5-3-9(4-6-10)8-11(15)16/h3-6H,2,7-8H2,1H3,(H,15,16)(H2,13,14,17). The van der Waals surface area contributed by atoms with Crippen LogP contribution in [0, 0.1) is 0 Å². The molecule has 0 aliphatic rings. The van der Waals surface area contributed by atoms with Gasteiger partial charge in [0, 0.05) is 12.2 Å². The Hall–Kier alpha value is -2.04. The average Bonchev–Trinajstić information content (AvgIpc) is 2.28. The van der Waals surface area contributed by atoms with Crippen LogP contribution in [0.4, 0.5) is 10.5 Å². The van der Waals surface area contributed by atoms with Crippen molar-refractivity contribution in [2.24, 2.45) is 0 Å². The second-order valence-corrected chi connectivity index (χ2v) is 3.65. The van der Waals surface area contributed by atoms with E-state index in [0.29, 0.717) is 17.8 Å². The number of carbonyl (C=O) groups is 2. The van der Waals surface area contributed by atoms with Crippen LogP contribution in [-0.2, 0) is 11.2 Å². The quantitative estimate of drug-likeness (QED) is 0.730. The van der Waals surface area contributed by atoms with Gasteiger partial charge in [-0.1, -0.05) is 19.1 Å². The van der Waals surface area contributed by atoms with Gasteiger partial charge in [-0.15, -0.1) is 0 Å². The van der Waals surface area contributed by atoms with Crippen molar-refractivity contribution in [3.05, 3.63) is 29.8 Å². The van der Waals surface area contributed by atoms with Crippen molar-refractivity contribution in [2.75, 3.05) is 11.9 Å². The third-order valence-corrected chi connectivity index (χ3v) is 2.10. The molecular formula is C12H16N2O3. The summed E-state index contributed by atoms with van der Waals surface area (Å²) in [4.78, 5) is 21.8. The molecule has 0 bridgehead atoms. The van der Waals surface area contributed by atoms with Gasteiger partial charge in [0.1, 0.15) is 0 Å². The Labute approximate surface area is 99.8 Å². The normalized spacial score (nSPS) is 9.71. The lowest BCUT2D eigenvalue weighted by molar-refractivity contribution is -0.136. The smallest absolute Gasteiger partial charge is 0.319 e. The lowest BCUT2D eigenvalue weighted by Gasteiger charge is -2.06. The molecule has 1 aromatic rings. The van der Waals surface area contributed by atoms with Crippen molar-refractivity contribution in [3.63, 3.8) is 0 Å². The zero-order valence-electron chi connectivity index (χ0n) is 9.69. The molecule has 2 amide bonds. The first-order valence-electron chi connectivity index (χ1n) is 5.47. The van der Waals surface area contributed by atoms with Gasteiger partial charge in [0.05, 0.1) is 6.42 Å². The molecule has 0 unspecified atom stereocenters. The predicted octanol–water partition coefficient (Wildman–Crippen LogP) is 1.85. The fourth-order valence-corrected chi connectivity index (χ4v) is 1.29. The van der Waals surface area contributed by atoms with Crippen molar-refractivity contribution in [1.29, 1.82) is 0 Å². The van der Waals surface area contributed by atoms with E-state index in [-0.39, 0.29) is 12.5 Å². The maximum Gasteiger partial charge on any atom is 0.319 e. The van der Waals surface area contributed by atoms with E-state index in [4.69, 9.17) is 5.11 Å². The Bertz CT molecular complexity index is 387. The van der Waals surface area contributed by atoms with Crippen molar-refractivity contribution in [3.8, 4) is 0 Å². The van der Waals surface area contributed by atoms with Gasteiger partial charge in [-0.2, -0.15) is 0 Å². The summed E-state index contributed by atoms with van der Waals surface area (Å²) >= 11 is 0. The van der Waals surface area contributed by atoms with Gasteiger partial charge in [-0.3, -0.25) is 4.79 Å². The average molecular weight is 236 g/mol. The van der Waals surface area contributed by atoms with Crippen LogP contribution in [0.5, 0.6) is 0 Å². The number of benzene rings is 1. The fourth-order valence-electron chi connectivity index (χ4n) is 1.29. The number of carbonyl (C=O) groups excluding carboxylic acids is 1. The van der Waals surface area contributed by atoms with Crippen molar-refractivity contribution < 1.29 is 14.7 Å². The molecule has 3 N–H and O–H groups in total. The topological polar surface area (TPSA) is 78.4 Å². The second-order valence-electron chi connectivity index (χ2n) is 3.65. The van der Waals surface area contributed by atoms with E-state index < -0.39 is 5.97 Å². The second kappa shape index (κ2) is 6.52. The number of carboxylic acids is 1. The first-order valence-corrected chi connectivity index (χ1v) is 5.47. The molecule has 5 heteroatoms. The van der Waals surface area contributed by atoms with Gasteiger partial charge < -0.3 is 15.7 Å². The fraction of sp³-hybridized carbons (Fsp3) is 0.333. The summed E-state index contributed by atoms with van der Waals surface area (Å²) in [6.45, 7) is 2.60. The van der Waals surface area contributed by atoms with Crippen LogP contribution in [0.15, 0.2) is 24.3 Å². The van der Waals surface area contributed by atoms with Gasteiger partial charge in [0.25, 0.3) is 0 Å². The zero-order valence-corrected chi connectivity index (χ0v) is 9.69. The molecular weight excluding hydrogens is 220 g/mol. The summed E-state index contributed by atoms with van der Waals surface area (Å²) in [7, 11) is 0. The molecule has 1 aromatic carbocycles. The Kier molecular flexibility index (Phi) is 5.00. The summed E-state index contributed by atoms with van der Waals surface area (Å²) in [6.07, 6.45) is 0.868. The highest BCUT2D eigenvalue weighted by Gasteiger charge is 2.02.